The summed E-state index contributed by atoms with van der Waals surface area (Å²) in [6.45, 7) is 3.40. The van der Waals surface area contributed by atoms with E-state index in [4.69, 9.17) is 0 Å². The Morgan fingerprint density at radius 2 is 1.20 bits per heavy atom. The first-order chi connectivity index (χ1) is 6.83. The Hall–Kier alpha value is 0.742. The monoisotopic (exact) mass is 454 g/mol. The summed E-state index contributed by atoms with van der Waals surface area (Å²) in [7, 11) is -7.14. The second-order valence-electron chi connectivity index (χ2n) is 2.77. The number of rotatable bonds is 8. The van der Waals surface area contributed by atoms with Crippen LogP contribution in [0.3, 0.4) is 0 Å². The molecule has 0 unspecified atom stereocenters. The SMILES string of the molecule is CCCS(=O)(=O)[O][Pb][O]S(=O)(=O)CCC. The van der Waals surface area contributed by atoms with Crippen LogP contribution in [0.2, 0.25) is 0 Å². The Bertz CT molecular complexity index is 323. The van der Waals surface area contributed by atoms with E-state index in [-0.39, 0.29) is 11.5 Å². The van der Waals surface area contributed by atoms with Crippen molar-refractivity contribution in [1.29, 1.82) is 0 Å². The number of hydrogen-bond acceptors (Lipinski definition) is 6. The van der Waals surface area contributed by atoms with Gasteiger partial charge >= 0.3 is 105 Å². The molecule has 0 spiro atoms. The standard InChI is InChI=1S/2C3H8O3S.Pb/c2*1-2-3-7(4,5)6;/h2*2-3H2,1H3,(H,4,5,6);/q;;+2/p-2. The molecular formula is C6H14O6PbS2. The van der Waals surface area contributed by atoms with Crippen LogP contribution in [0.1, 0.15) is 26.7 Å². The Balaban J connectivity index is 4.00. The van der Waals surface area contributed by atoms with E-state index < -0.39 is 45.4 Å². The first-order valence-electron chi connectivity index (χ1n) is 4.40. The van der Waals surface area contributed by atoms with Crippen LogP contribution >= 0.6 is 0 Å². The molecule has 9 heteroatoms. The van der Waals surface area contributed by atoms with Gasteiger partial charge in [0.1, 0.15) is 0 Å². The van der Waals surface area contributed by atoms with Crippen molar-refractivity contribution >= 4 is 45.4 Å². The molecule has 0 saturated carbocycles. The zero-order valence-corrected chi connectivity index (χ0v) is 14.1. The van der Waals surface area contributed by atoms with Crippen molar-refractivity contribution in [2.75, 3.05) is 11.5 Å². The summed E-state index contributed by atoms with van der Waals surface area (Å²) in [5, 5.41) is 0. The van der Waals surface area contributed by atoms with Gasteiger partial charge in [-0.15, -0.1) is 0 Å². The fourth-order valence-electron chi connectivity index (χ4n) is 0.701. The van der Waals surface area contributed by atoms with Gasteiger partial charge in [0.25, 0.3) is 0 Å². The molecule has 90 valence electrons. The first-order valence-corrected chi connectivity index (χ1v) is 10.7. The van der Waals surface area contributed by atoms with Gasteiger partial charge in [0, 0.05) is 0 Å². The molecule has 0 fully saturated rings. The van der Waals surface area contributed by atoms with Crippen LogP contribution in [-0.4, -0.2) is 53.5 Å². The van der Waals surface area contributed by atoms with Gasteiger partial charge < -0.3 is 0 Å². The molecule has 0 amide bonds. The van der Waals surface area contributed by atoms with E-state index in [9.17, 15) is 16.8 Å². The van der Waals surface area contributed by atoms with Crippen molar-refractivity contribution < 1.29 is 21.1 Å². The molecule has 15 heavy (non-hydrogen) atoms. The van der Waals surface area contributed by atoms with E-state index >= 15 is 0 Å². The van der Waals surface area contributed by atoms with E-state index in [2.05, 4.69) is 4.27 Å². The van der Waals surface area contributed by atoms with Gasteiger partial charge in [-0.1, -0.05) is 0 Å². The van der Waals surface area contributed by atoms with Crippen molar-refractivity contribution in [2.24, 2.45) is 0 Å². The van der Waals surface area contributed by atoms with Crippen molar-refractivity contribution in [2.45, 2.75) is 26.7 Å². The van der Waals surface area contributed by atoms with Crippen LogP contribution < -0.4 is 0 Å². The topological polar surface area (TPSA) is 86.7 Å². The fraction of sp³-hybridized carbons (Fsp3) is 1.00. The molecule has 0 aromatic rings. The van der Waals surface area contributed by atoms with Crippen LogP contribution in [0, 0.1) is 0 Å². The molecule has 0 N–H and O–H groups in total. The minimum atomic E-state index is -3.57. The van der Waals surface area contributed by atoms with Gasteiger partial charge in [-0.2, -0.15) is 0 Å². The third kappa shape index (κ3) is 8.54. The maximum atomic E-state index is 11.0. The molecule has 0 aromatic heterocycles. The van der Waals surface area contributed by atoms with Gasteiger partial charge in [0.2, 0.25) is 0 Å². The van der Waals surface area contributed by atoms with Gasteiger partial charge in [-0.3, -0.25) is 0 Å². The average molecular weight is 454 g/mol. The normalized spacial score (nSPS) is 12.9. The summed E-state index contributed by atoms with van der Waals surface area (Å²) in [4.78, 5) is 0. The quantitative estimate of drug-likeness (QED) is 0.482. The third-order valence-corrected chi connectivity index (χ3v) is 11.2. The van der Waals surface area contributed by atoms with Crippen LogP contribution in [0.5, 0.6) is 0 Å². The van der Waals surface area contributed by atoms with Crippen molar-refractivity contribution in [3.05, 3.63) is 0 Å². The van der Waals surface area contributed by atoms with E-state index in [0.29, 0.717) is 12.8 Å². The molecule has 0 rings (SSSR count). The molecule has 0 atom stereocenters. The van der Waals surface area contributed by atoms with E-state index in [0.717, 1.165) is 0 Å². The Labute approximate surface area is 104 Å². The Morgan fingerprint density at radius 3 is 1.47 bits per heavy atom. The van der Waals surface area contributed by atoms with Crippen LogP contribution in [-0.2, 0) is 24.5 Å². The van der Waals surface area contributed by atoms with Crippen molar-refractivity contribution in [3.8, 4) is 0 Å². The third-order valence-electron chi connectivity index (χ3n) is 1.23. The molecule has 0 bridgehead atoms. The Morgan fingerprint density at radius 1 is 0.867 bits per heavy atom. The summed E-state index contributed by atoms with van der Waals surface area (Å²) >= 11 is -2.51. The van der Waals surface area contributed by atoms with Gasteiger partial charge in [-0.05, 0) is 0 Å². The van der Waals surface area contributed by atoms with Crippen LogP contribution in [0.4, 0.5) is 0 Å². The molecule has 0 heterocycles. The van der Waals surface area contributed by atoms with Gasteiger partial charge in [0.15, 0.2) is 0 Å². The van der Waals surface area contributed by atoms with E-state index in [1.54, 1.807) is 13.8 Å². The van der Waals surface area contributed by atoms with Gasteiger partial charge in [-0.25, -0.2) is 0 Å². The predicted molar refractivity (Wildman–Crippen MR) is 56.1 cm³/mol. The predicted octanol–water partition coefficient (Wildman–Crippen LogP) is 0.0334. The Kier molecular flexibility index (Phi) is 7.50. The second-order valence-corrected chi connectivity index (χ2v) is 10.7. The molecule has 0 saturated heterocycles. The van der Waals surface area contributed by atoms with Gasteiger partial charge in [0.05, 0.1) is 0 Å². The molecule has 0 aliphatic heterocycles. The summed E-state index contributed by atoms with van der Waals surface area (Å²) in [5.41, 5.74) is 0. The molecule has 0 aromatic carbocycles. The summed E-state index contributed by atoms with van der Waals surface area (Å²) in [6.07, 6.45) is 0.876. The zero-order chi connectivity index (χ0) is 11.9. The second kappa shape index (κ2) is 7.14. The average Bonchev–Trinajstić information content (AvgIpc) is 2.02. The molecule has 2 radical (unpaired) electrons. The maximum absolute atomic E-state index is 11.0. The fourth-order valence-corrected chi connectivity index (χ4v) is 7.52. The summed E-state index contributed by atoms with van der Waals surface area (Å²) < 4.78 is 53.1. The molecule has 0 aliphatic rings. The zero-order valence-electron chi connectivity index (χ0n) is 8.59. The van der Waals surface area contributed by atoms with E-state index in [1.807, 2.05) is 0 Å². The minimum absolute atomic E-state index is 0.100. The summed E-state index contributed by atoms with van der Waals surface area (Å²) in [6, 6.07) is 0. The van der Waals surface area contributed by atoms with Crippen LogP contribution in [0.25, 0.3) is 0 Å². The molecular weight excluding hydrogens is 439 g/mol. The van der Waals surface area contributed by atoms with Crippen molar-refractivity contribution in [3.63, 3.8) is 0 Å². The summed E-state index contributed by atoms with van der Waals surface area (Å²) in [5.74, 6) is -0.200. The van der Waals surface area contributed by atoms with E-state index in [1.165, 1.54) is 0 Å². The van der Waals surface area contributed by atoms with Crippen molar-refractivity contribution in [1.82, 2.24) is 0 Å². The number of hydrogen-bond donors (Lipinski definition) is 0. The first kappa shape index (κ1) is 15.7. The molecule has 0 aliphatic carbocycles. The molecule has 6 nitrogen and oxygen atoms in total. The van der Waals surface area contributed by atoms with Crippen LogP contribution in [0.15, 0.2) is 0 Å².